The zero-order chi connectivity index (χ0) is 38.8. The van der Waals surface area contributed by atoms with Gasteiger partial charge in [-0.25, -0.2) is 0 Å². The van der Waals surface area contributed by atoms with Crippen molar-refractivity contribution < 1.29 is 64.8 Å². The van der Waals surface area contributed by atoms with Crippen LogP contribution in [0.15, 0.2) is 0 Å². The molecule has 8 atom stereocenters. The Morgan fingerprint density at radius 3 is 1.43 bits per heavy atom. The third kappa shape index (κ3) is 17.0. The van der Waals surface area contributed by atoms with Crippen molar-refractivity contribution in [3.05, 3.63) is 0 Å². The predicted octanol–water partition coefficient (Wildman–Crippen LogP) is -5.29. The third-order valence-electron chi connectivity index (χ3n) is 7.86. The molecule has 14 N–H and O–H groups in total. The fourth-order valence-electron chi connectivity index (χ4n) is 4.70. The highest BCUT2D eigenvalue weighted by molar-refractivity contribution is 5.97. The number of nitrogens with one attached hydrogen (secondary N) is 6. The first kappa shape index (κ1) is 45.4. The van der Waals surface area contributed by atoms with Crippen LogP contribution in [0.25, 0.3) is 0 Å². The Balaban J connectivity index is 3.50. The lowest BCUT2D eigenvalue weighted by Crippen LogP contribution is -2.60. The summed E-state index contributed by atoms with van der Waals surface area (Å²) in [6.07, 6.45) is -3.67. The topological polar surface area (TPSA) is 329 Å². The maximum Gasteiger partial charge on any atom is 0.245 e. The molecule has 0 aromatic carbocycles. The van der Waals surface area contributed by atoms with E-state index in [9.17, 15) is 59.7 Å². The molecule has 1 aliphatic heterocycles. The smallest absolute Gasteiger partial charge is 0.245 e. The van der Waals surface area contributed by atoms with Gasteiger partial charge in [0, 0.05) is 26.6 Å². The van der Waals surface area contributed by atoms with Crippen LogP contribution in [-0.2, 0) is 28.8 Å². The number of rotatable bonds is 16. The average molecular weight is 739 g/mol. The van der Waals surface area contributed by atoms with E-state index in [1.165, 1.54) is 27.7 Å². The molecular weight excluding hydrogens is 682 g/mol. The molecule has 1 fully saturated rings. The van der Waals surface area contributed by atoms with E-state index in [-0.39, 0.29) is 58.2 Å². The summed E-state index contributed by atoms with van der Waals surface area (Å²) in [5, 5.41) is 82.5. The van der Waals surface area contributed by atoms with Gasteiger partial charge in [0.05, 0.1) is 13.2 Å². The quantitative estimate of drug-likeness (QED) is 0.0400. The molecule has 0 aliphatic carbocycles. The van der Waals surface area contributed by atoms with Crippen LogP contribution < -0.4 is 31.9 Å². The molecule has 294 valence electrons. The predicted molar refractivity (Wildman–Crippen MR) is 175 cm³/mol. The molecule has 0 radical (unpaired) electrons. The first-order chi connectivity index (χ1) is 23.9. The first-order valence-corrected chi connectivity index (χ1v) is 16.7. The molecule has 6 amide bonds. The van der Waals surface area contributed by atoms with Gasteiger partial charge in [-0.05, 0) is 59.3 Å². The van der Waals surface area contributed by atoms with Crippen LogP contribution in [0.2, 0.25) is 0 Å². The molecule has 1 saturated heterocycles. The van der Waals surface area contributed by atoms with Crippen LogP contribution in [0.1, 0.15) is 66.2 Å². The van der Waals surface area contributed by atoms with Crippen LogP contribution in [0, 0.1) is 0 Å². The highest BCUT2D eigenvalue weighted by Gasteiger charge is 2.32. The van der Waals surface area contributed by atoms with Crippen LogP contribution in [0.4, 0.5) is 0 Å². The Bertz CT molecular complexity index is 1150. The monoisotopic (exact) mass is 738 g/mol. The van der Waals surface area contributed by atoms with Crippen molar-refractivity contribution in [1.29, 1.82) is 0 Å². The second kappa shape index (κ2) is 23.1. The van der Waals surface area contributed by atoms with Crippen molar-refractivity contribution in [3.8, 4) is 0 Å². The van der Waals surface area contributed by atoms with Gasteiger partial charge in [-0.15, -0.1) is 5.06 Å². The van der Waals surface area contributed by atoms with Gasteiger partial charge in [-0.1, -0.05) is 0 Å². The summed E-state index contributed by atoms with van der Waals surface area (Å²) in [6.45, 7) is 3.40. The summed E-state index contributed by atoms with van der Waals surface area (Å²) in [6, 6.07) is -6.91. The summed E-state index contributed by atoms with van der Waals surface area (Å²) < 4.78 is 0. The summed E-state index contributed by atoms with van der Waals surface area (Å²) in [5.41, 5.74) is 0. The number of amides is 6. The van der Waals surface area contributed by atoms with Crippen molar-refractivity contribution in [3.63, 3.8) is 0 Å². The largest absolute Gasteiger partial charge is 0.430 e. The maximum absolute atomic E-state index is 13.7. The molecule has 0 aromatic heterocycles. The van der Waals surface area contributed by atoms with Crippen LogP contribution in [-0.4, -0.2) is 168 Å². The zero-order valence-electron chi connectivity index (χ0n) is 29.4. The first-order valence-electron chi connectivity index (χ1n) is 16.7. The molecule has 1 heterocycles. The Hall–Kier alpha value is -3.58. The molecule has 0 saturated carbocycles. The lowest BCUT2D eigenvalue weighted by Gasteiger charge is -2.28. The number of carbonyl (C=O) groups excluding carboxylic acids is 6. The summed E-state index contributed by atoms with van der Waals surface area (Å²) >= 11 is 0. The maximum atomic E-state index is 13.7. The SMILES string of the molecule is CC1NC(=O)C(CCCN(O)C(C)O)NC(=O)C(CCCN(O)C(C)O)NC(=O)C(CCCN(O)C(C)[OH2+])NC(=O)CNC(=O)C(CO)NC1=O. The lowest BCUT2D eigenvalue weighted by atomic mass is 10.0. The summed E-state index contributed by atoms with van der Waals surface area (Å²) in [4.78, 5) is 79.1. The van der Waals surface area contributed by atoms with E-state index in [0.717, 1.165) is 0 Å². The molecule has 0 bridgehead atoms. The number of hydroxylamine groups is 6. The Morgan fingerprint density at radius 2 is 1.02 bits per heavy atom. The van der Waals surface area contributed by atoms with Gasteiger partial charge in [0.2, 0.25) is 41.7 Å². The third-order valence-corrected chi connectivity index (χ3v) is 7.86. The van der Waals surface area contributed by atoms with Gasteiger partial charge in [-0.3, -0.25) is 28.8 Å². The van der Waals surface area contributed by atoms with E-state index in [1.807, 2.05) is 0 Å². The number of carbonyl (C=O) groups is 6. The molecule has 22 nitrogen and oxygen atoms in total. The number of hydrogen-bond acceptors (Lipinski definition) is 15. The van der Waals surface area contributed by atoms with Crippen LogP contribution >= 0.6 is 0 Å². The van der Waals surface area contributed by atoms with Gasteiger partial charge in [0.15, 0.2) is 0 Å². The van der Waals surface area contributed by atoms with E-state index in [2.05, 4.69) is 31.9 Å². The minimum atomic E-state index is -1.53. The summed E-state index contributed by atoms with van der Waals surface area (Å²) in [7, 11) is 0. The molecule has 0 aromatic rings. The molecule has 1 rings (SSSR count). The van der Waals surface area contributed by atoms with E-state index in [4.69, 9.17) is 5.11 Å². The molecule has 8 unspecified atom stereocenters. The van der Waals surface area contributed by atoms with E-state index in [1.54, 1.807) is 0 Å². The van der Waals surface area contributed by atoms with E-state index >= 15 is 0 Å². The standard InChI is InChI=1S/C29H55N9O13/c1-16-25(44)35-23(15-39)26(45)30-14-24(43)32-20(8-5-11-36(49)17(2)40)28(47)34-22(10-7-13-38(51)19(4)42)29(48)33-21(27(46)31-16)9-6-12-37(50)18(3)41/h16-23,39-42,49-51H,5-15H2,1-4H3,(H,30,45)(H,31,46)(H,32,43)(H,33,48)(H,34,47)(H,35,44)/p+1. The fourth-order valence-corrected chi connectivity index (χ4v) is 4.70. The second-order valence-corrected chi connectivity index (χ2v) is 12.3. The number of aliphatic hydroxyl groups excluding tert-OH is 3. The number of aliphatic hydroxyl groups is 3. The minimum absolute atomic E-state index is 0.0393. The van der Waals surface area contributed by atoms with Crippen molar-refractivity contribution in [2.45, 2.75) is 115 Å². The fraction of sp³-hybridized carbons (Fsp3) is 0.793. The molecule has 0 spiro atoms. The summed E-state index contributed by atoms with van der Waals surface area (Å²) in [5.74, 6) is -5.29. The van der Waals surface area contributed by atoms with Gasteiger partial charge in [0.1, 0.15) is 42.7 Å². The number of nitrogens with zero attached hydrogens (tertiary/aromatic N) is 3. The van der Waals surface area contributed by atoms with Gasteiger partial charge in [-0.2, -0.15) is 10.1 Å². The van der Waals surface area contributed by atoms with Crippen molar-refractivity contribution >= 4 is 35.4 Å². The molecule has 51 heavy (non-hydrogen) atoms. The van der Waals surface area contributed by atoms with Crippen LogP contribution in [0.5, 0.6) is 0 Å². The second-order valence-electron chi connectivity index (χ2n) is 12.3. The normalized spacial score (nSPS) is 25.2. The molecular formula is C29H56N9O13+. The van der Waals surface area contributed by atoms with E-state index < -0.39 is 97.5 Å². The van der Waals surface area contributed by atoms with Crippen molar-refractivity contribution in [2.24, 2.45) is 0 Å². The highest BCUT2D eigenvalue weighted by Crippen LogP contribution is 2.09. The van der Waals surface area contributed by atoms with Crippen molar-refractivity contribution in [2.75, 3.05) is 32.8 Å². The number of hydrogen-bond donors (Lipinski definition) is 12. The molecule has 22 heteroatoms. The van der Waals surface area contributed by atoms with Crippen molar-refractivity contribution in [1.82, 2.24) is 47.1 Å². The minimum Gasteiger partial charge on any atom is -0.430 e. The van der Waals surface area contributed by atoms with Gasteiger partial charge < -0.3 is 67.9 Å². The molecule has 1 aliphatic rings. The van der Waals surface area contributed by atoms with Crippen LogP contribution in [0.3, 0.4) is 0 Å². The Kier molecular flexibility index (Phi) is 20.6. The Morgan fingerprint density at radius 1 is 0.627 bits per heavy atom. The van der Waals surface area contributed by atoms with Gasteiger partial charge >= 0.3 is 0 Å². The lowest BCUT2D eigenvalue weighted by molar-refractivity contribution is -0.189. The Labute approximate surface area is 295 Å². The average Bonchev–Trinajstić information content (AvgIpc) is 3.06. The highest BCUT2D eigenvalue weighted by atomic mass is 16.5. The van der Waals surface area contributed by atoms with E-state index in [0.29, 0.717) is 15.2 Å². The zero-order valence-corrected chi connectivity index (χ0v) is 29.4. The van der Waals surface area contributed by atoms with Gasteiger partial charge in [0.25, 0.3) is 0 Å².